The van der Waals surface area contributed by atoms with Gasteiger partial charge in [-0.3, -0.25) is 9.59 Å². The normalized spacial score (nSPS) is 22.4. The predicted octanol–water partition coefficient (Wildman–Crippen LogP) is 1.89. The van der Waals surface area contributed by atoms with Gasteiger partial charge in [-0.1, -0.05) is 6.42 Å². The Labute approximate surface area is 124 Å². The number of amides is 2. The fraction of sp³-hybridized carbons (Fsp3) is 0.500. The number of hydrogen-bond acceptors (Lipinski definition) is 3. The van der Waals surface area contributed by atoms with Crippen LogP contribution in [0.15, 0.2) is 24.3 Å². The van der Waals surface area contributed by atoms with E-state index in [2.05, 4.69) is 10.6 Å². The van der Waals surface area contributed by atoms with E-state index in [4.69, 9.17) is 0 Å². The summed E-state index contributed by atoms with van der Waals surface area (Å²) in [5.41, 5.74) is 1.69. The third kappa shape index (κ3) is 3.24. The van der Waals surface area contributed by atoms with Gasteiger partial charge in [-0.25, -0.2) is 0 Å². The van der Waals surface area contributed by atoms with Gasteiger partial charge >= 0.3 is 0 Å². The lowest BCUT2D eigenvalue weighted by atomic mass is 10.0. The summed E-state index contributed by atoms with van der Waals surface area (Å²) in [5, 5.41) is 6.17. The lowest BCUT2D eigenvalue weighted by Crippen LogP contribution is -2.43. The Morgan fingerprint density at radius 3 is 2.62 bits per heavy atom. The third-order valence-electron chi connectivity index (χ3n) is 4.15. The molecule has 1 atom stereocenters. The maximum Gasteiger partial charge on any atom is 0.241 e. The zero-order valence-corrected chi connectivity index (χ0v) is 12.1. The maximum absolute atomic E-state index is 12.1. The first-order valence-electron chi connectivity index (χ1n) is 7.69. The molecule has 0 radical (unpaired) electrons. The van der Waals surface area contributed by atoms with E-state index in [1.807, 2.05) is 24.3 Å². The molecule has 2 aliphatic rings. The lowest BCUT2D eigenvalue weighted by molar-refractivity contribution is -0.119. The molecule has 2 aliphatic heterocycles. The molecule has 112 valence electrons. The molecule has 5 nitrogen and oxygen atoms in total. The lowest BCUT2D eigenvalue weighted by Gasteiger charge is -2.22. The molecule has 0 bridgehead atoms. The van der Waals surface area contributed by atoms with Crippen molar-refractivity contribution < 1.29 is 9.59 Å². The van der Waals surface area contributed by atoms with Crippen molar-refractivity contribution in [2.75, 3.05) is 23.3 Å². The maximum atomic E-state index is 12.1. The van der Waals surface area contributed by atoms with Gasteiger partial charge in [0.1, 0.15) is 0 Å². The molecule has 2 fully saturated rings. The predicted molar refractivity (Wildman–Crippen MR) is 82.3 cm³/mol. The minimum absolute atomic E-state index is 0.0275. The number of carbonyl (C=O) groups is 2. The zero-order chi connectivity index (χ0) is 14.7. The van der Waals surface area contributed by atoms with Crippen molar-refractivity contribution in [2.45, 2.75) is 38.1 Å². The quantitative estimate of drug-likeness (QED) is 0.892. The molecule has 0 spiro atoms. The molecule has 3 rings (SSSR count). The van der Waals surface area contributed by atoms with Gasteiger partial charge in [-0.15, -0.1) is 0 Å². The highest BCUT2D eigenvalue weighted by atomic mass is 16.2. The van der Waals surface area contributed by atoms with Crippen LogP contribution in [0.3, 0.4) is 0 Å². The minimum Gasteiger partial charge on any atom is -0.325 e. The van der Waals surface area contributed by atoms with Gasteiger partial charge in [-0.2, -0.15) is 0 Å². The van der Waals surface area contributed by atoms with Crippen molar-refractivity contribution in [3.8, 4) is 0 Å². The smallest absolute Gasteiger partial charge is 0.241 e. The number of nitrogens with one attached hydrogen (secondary N) is 2. The van der Waals surface area contributed by atoms with E-state index in [9.17, 15) is 9.59 Å². The molecule has 0 aliphatic carbocycles. The topological polar surface area (TPSA) is 61.4 Å². The Bertz CT molecular complexity index is 521. The Morgan fingerprint density at radius 1 is 1.19 bits per heavy atom. The SMILES string of the molecule is O=C(Nc1ccc(N2CCCC2=O)cc1)C1CCCCN1. The van der Waals surface area contributed by atoms with Gasteiger partial charge in [0.25, 0.3) is 0 Å². The molecule has 1 aromatic rings. The molecular formula is C16H21N3O2. The number of piperidine rings is 1. The molecule has 1 aromatic carbocycles. The first-order valence-corrected chi connectivity index (χ1v) is 7.69. The molecule has 2 N–H and O–H groups in total. The van der Waals surface area contributed by atoms with Gasteiger partial charge in [0.2, 0.25) is 11.8 Å². The Hall–Kier alpha value is -1.88. The molecule has 2 heterocycles. The Morgan fingerprint density at radius 2 is 2.00 bits per heavy atom. The van der Waals surface area contributed by atoms with Crippen LogP contribution in [-0.4, -0.2) is 30.9 Å². The molecule has 5 heteroatoms. The van der Waals surface area contributed by atoms with Crippen LogP contribution in [0.4, 0.5) is 11.4 Å². The highest BCUT2D eigenvalue weighted by Crippen LogP contribution is 2.23. The van der Waals surface area contributed by atoms with Crippen molar-refractivity contribution >= 4 is 23.2 Å². The number of hydrogen-bond donors (Lipinski definition) is 2. The summed E-state index contributed by atoms with van der Waals surface area (Å²) >= 11 is 0. The van der Waals surface area contributed by atoms with Gasteiger partial charge in [0, 0.05) is 24.3 Å². The molecule has 1 unspecified atom stereocenters. The van der Waals surface area contributed by atoms with Crippen LogP contribution in [0.2, 0.25) is 0 Å². The largest absolute Gasteiger partial charge is 0.325 e. The number of nitrogens with zero attached hydrogens (tertiary/aromatic N) is 1. The fourth-order valence-electron chi connectivity index (χ4n) is 2.95. The summed E-state index contributed by atoms with van der Waals surface area (Å²) < 4.78 is 0. The summed E-state index contributed by atoms with van der Waals surface area (Å²) in [7, 11) is 0. The van der Waals surface area contributed by atoms with Crippen LogP contribution in [-0.2, 0) is 9.59 Å². The van der Waals surface area contributed by atoms with E-state index >= 15 is 0 Å². The molecule has 0 saturated carbocycles. The van der Waals surface area contributed by atoms with Crippen LogP contribution in [0.25, 0.3) is 0 Å². The van der Waals surface area contributed by atoms with E-state index < -0.39 is 0 Å². The Balaban J connectivity index is 1.61. The first-order chi connectivity index (χ1) is 10.2. The average molecular weight is 287 g/mol. The van der Waals surface area contributed by atoms with Crippen molar-refractivity contribution in [3.63, 3.8) is 0 Å². The summed E-state index contributed by atoms with van der Waals surface area (Å²) in [5.74, 6) is 0.206. The van der Waals surface area contributed by atoms with Crippen molar-refractivity contribution in [3.05, 3.63) is 24.3 Å². The van der Waals surface area contributed by atoms with Gasteiger partial charge < -0.3 is 15.5 Å². The molecule has 0 aromatic heterocycles. The second-order valence-corrected chi connectivity index (χ2v) is 5.69. The van der Waals surface area contributed by atoms with Gasteiger partial charge in [0.05, 0.1) is 6.04 Å². The van der Waals surface area contributed by atoms with Crippen molar-refractivity contribution in [1.82, 2.24) is 5.32 Å². The van der Waals surface area contributed by atoms with Crippen LogP contribution >= 0.6 is 0 Å². The number of carbonyl (C=O) groups excluding carboxylic acids is 2. The highest BCUT2D eigenvalue weighted by molar-refractivity contribution is 5.97. The first kappa shape index (κ1) is 14.1. The molecular weight excluding hydrogens is 266 g/mol. The number of benzene rings is 1. The standard InChI is InChI=1S/C16H21N3O2/c20-15-5-3-11-19(15)13-8-6-12(7-9-13)18-16(21)14-4-1-2-10-17-14/h6-9,14,17H,1-5,10-11H2,(H,18,21). The van der Waals surface area contributed by atoms with Crippen LogP contribution in [0.5, 0.6) is 0 Å². The number of anilines is 2. The van der Waals surface area contributed by atoms with Crippen LogP contribution in [0.1, 0.15) is 32.1 Å². The van der Waals surface area contributed by atoms with Crippen molar-refractivity contribution in [2.24, 2.45) is 0 Å². The Kier molecular flexibility index (Phi) is 4.20. The van der Waals surface area contributed by atoms with E-state index in [-0.39, 0.29) is 17.9 Å². The summed E-state index contributed by atoms with van der Waals surface area (Å²) in [6.45, 7) is 1.70. The molecule has 2 amide bonds. The fourth-order valence-corrected chi connectivity index (χ4v) is 2.95. The van der Waals surface area contributed by atoms with Crippen LogP contribution < -0.4 is 15.5 Å². The van der Waals surface area contributed by atoms with E-state index in [0.29, 0.717) is 6.42 Å². The van der Waals surface area contributed by atoms with Crippen molar-refractivity contribution in [1.29, 1.82) is 0 Å². The van der Waals surface area contributed by atoms with Crippen LogP contribution in [0, 0.1) is 0 Å². The summed E-state index contributed by atoms with van der Waals surface area (Å²) in [6.07, 6.45) is 4.69. The minimum atomic E-state index is -0.0846. The average Bonchev–Trinajstić information content (AvgIpc) is 2.95. The summed E-state index contributed by atoms with van der Waals surface area (Å²) in [4.78, 5) is 25.6. The zero-order valence-electron chi connectivity index (χ0n) is 12.1. The highest BCUT2D eigenvalue weighted by Gasteiger charge is 2.22. The van der Waals surface area contributed by atoms with Gasteiger partial charge in [0.15, 0.2) is 0 Å². The van der Waals surface area contributed by atoms with E-state index in [1.165, 1.54) is 0 Å². The summed E-state index contributed by atoms with van der Waals surface area (Å²) in [6, 6.07) is 7.43. The third-order valence-corrected chi connectivity index (χ3v) is 4.15. The molecule has 2 saturated heterocycles. The second kappa shape index (κ2) is 6.26. The molecule has 21 heavy (non-hydrogen) atoms. The van der Waals surface area contributed by atoms with Gasteiger partial charge in [-0.05, 0) is 50.1 Å². The second-order valence-electron chi connectivity index (χ2n) is 5.69. The van der Waals surface area contributed by atoms with E-state index in [1.54, 1.807) is 4.90 Å². The van der Waals surface area contributed by atoms with E-state index in [0.717, 1.165) is 50.1 Å². The monoisotopic (exact) mass is 287 g/mol. The number of rotatable bonds is 3.